The van der Waals surface area contributed by atoms with Gasteiger partial charge >= 0.3 is 0 Å². The monoisotopic (exact) mass is 488 g/mol. The fourth-order valence-corrected chi connectivity index (χ4v) is 4.30. The molecule has 26 heavy (non-hydrogen) atoms. The summed E-state index contributed by atoms with van der Waals surface area (Å²) in [5, 5.41) is 7.42. The number of nitrogens with zero attached hydrogens (tertiary/aromatic N) is 2. The smallest absolute Gasteiger partial charge is 0.191 e. The summed E-state index contributed by atoms with van der Waals surface area (Å²) < 4.78 is 0. The van der Waals surface area contributed by atoms with Gasteiger partial charge < -0.3 is 15.5 Å². The largest absolute Gasteiger partial charge is 0.357 e. The Hall–Kier alpha value is -0.470. The quantitative estimate of drug-likeness (QED) is 0.253. The molecule has 0 bridgehead atoms. The predicted molar refractivity (Wildman–Crippen MR) is 124 cm³/mol. The number of hydrogen-bond donors (Lipinski definition) is 2. The molecule has 0 spiro atoms. The van der Waals surface area contributed by atoms with Gasteiger partial charge in [-0.15, -0.1) is 35.7 Å². The van der Waals surface area contributed by atoms with Crippen molar-refractivity contribution in [2.75, 3.05) is 32.7 Å². The standard InChI is InChI=1S/C20H32N4S.HI/c1-3-21-20(22-13-16(2)25-19-7-5-4-6-8-19)23-14-17-11-12-24(15-17)18-9-10-18;/h4-8,16-18H,3,9-15H2,1-2H3,(H2,21,22,23);1H. The number of aliphatic imine (C=N–C) groups is 1. The van der Waals surface area contributed by atoms with Crippen molar-refractivity contribution in [3.8, 4) is 0 Å². The van der Waals surface area contributed by atoms with Crippen molar-refractivity contribution in [2.24, 2.45) is 10.9 Å². The maximum absolute atomic E-state index is 4.80. The van der Waals surface area contributed by atoms with Crippen LogP contribution in [0.15, 0.2) is 40.2 Å². The van der Waals surface area contributed by atoms with Gasteiger partial charge in [-0.25, -0.2) is 0 Å². The fraction of sp³-hybridized carbons (Fsp3) is 0.650. The van der Waals surface area contributed by atoms with E-state index in [4.69, 9.17) is 4.99 Å². The molecule has 146 valence electrons. The molecule has 3 rings (SSSR count). The molecule has 2 aliphatic rings. The van der Waals surface area contributed by atoms with Crippen LogP contribution in [0.3, 0.4) is 0 Å². The van der Waals surface area contributed by atoms with Crippen molar-refractivity contribution < 1.29 is 0 Å². The first-order valence-electron chi connectivity index (χ1n) is 9.72. The highest BCUT2D eigenvalue weighted by atomic mass is 127. The highest BCUT2D eigenvalue weighted by Crippen LogP contribution is 2.31. The third-order valence-corrected chi connectivity index (χ3v) is 5.97. The average Bonchev–Trinajstić information content (AvgIpc) is 3.37. The molecule has 0 aromatic heterocycles. The first-order valence-corrected chi connectivity index (χ1v) is 10.6. The van der Waals surface area contributed by atoms with Gasteiger partial charge in [0.15, 0.2) is 5.96 Å². The van der Waals surface area contributed by atoms with Crippen LogP contribution in [0.25, 0.3) is 0 Å². The number of thioether (sulfide) groups is 1. The Labute approximate surface area is 180 Å². The third kappa shape index (κ3) is 7.27. The van der Waals surface area contributed by atoms with Crippen molar-refractivity contribution in [3.05, 3.63) is 30.3 Å². The summed E-state index contributed by atoms with van der Waals surface area (Å²) in [4.78, 5) is 8.79. The number of benzene rings is 1. The van der Waals surface area contributed by atoms with Gasteiger partial charge in [0.1, 0.15) is 0 Å². The first kappa shape index (κ1) is 21.8. The summed E-state index contributed by atoms with van der Waals surface area (Å²) in [6, 6.07) is 11.5. The highest BCUT2D eigenvalue weighted by Gasteiger charge is 2.34. The molecule has 0 amide bonds. The molecular formula is C20H33IN4S. The lowest BCUT2D eigenvalue weighted by molar-refractivity contribution is 0.314. The minimum atomic E-state index is 0. The maximum Gasteiger partial charge on any atom is 0.191 e. The summed E-state index contributed by atoms with van der Waals surface area (Å²) in [6.07, 6.45) is 4.16. The van der Waals surface area contributed by atoms with Crippen LogP contribution in [-0.4, -0.2) is 54.9 Å². The van der Waals surface area contributed by atoms with E-state index < -0.39 is 0 Å². The van der Waals surface area contributed by atoms with E-state index >= 15 is 0 Å². The Balaban J connectivity index is 0.00000243. The van der Waals surface area contributed by atoms with E-state index in [1.807, 2.05) is 11.8 Å². The van der Waals surface area contributed by atoms with Gasteiger partial charge in [0.05, 0.1) is 6.54 Å². The van der Waals surface area contributed by atoms with Crippen molar-refractivity contribution in [2.45, 2.75) is 49.3 Å². The van der Waals surface area contributed by atoms with Gasteiger partial charge in [-0.05, 0) is 50.8 Å². The molecular weight excluding hydrogens is 455 g/mol. The SMILES string of the molecule is CCNC(=NCC(C)Sc1ccccc1)NCC1CCN(C2CC2)C1.I. The predicted octanol–water partition coefficient (Wildman–Crippen LogP) is 3.82. The molecule has 2 unspecified atom stereocenters. The van der Waals surface area contributed by atoms with Crippen LogP contribution >= 0.6 is 35.7 Å². The second-order valence-electron chi connectivity index (χ2n) is 7.22. The van der Waals surface area contributed by atoms with Crippen LogP contribution in [0.5, 0.6) is 0 Å². The van der Waals surface area contributed by atoms with E-state index in [1.54, 1.807) is 0 Å². The molecule has 6 heteroatoms. The second kappa shape index (κ2) is 11.4. The zero-order valence-corrected chi connectivity index (χ0v) is 19.1. The lowest BCUT2D eigenvalue weighted by atomic mass is 10.1. The van der Waals surface area contributed by atoms with Gasteiger partial charge in [0.25, 0.3) is 0 Å². The molecule has 4 nitrogen and oxygen atoms in total. The third-order valence-electron chi connectivity index (χ3n) is 4.87. The Morgan fingerprint density at radius 2 is 2.00 bits per heavy atom. The van der Waals surface area contributed by atoms with Crippen LogP contribution in [0.4, 0.5) is 0 Å². The van der Waals surface area contributed by atoms with E-state index in [0.29, 0.717) is 5.25 Å². The number of nitrogens with one attached hydrogen (secondary N) is 2. The van der Waals surface area contributed by atoms with E-state index in [0.717, 1.165) is 37.6 Å². The van der Waals surface area contributed by atoms with Crippen molar-refractivity contribution >= 4 is 41.7 Å². The fourth-order valence-electron chi connectivity index (χ4n) is 3.37. The molecule has 1 aromatic rings. The number of likely N-dealkylation sites (tertiary alicyclic amines) is 1. The second-order valence-corrected chi connectivity index (χ2v) is 8.73. The first-order chi connectivity index (χ1) is 12.2. The lowest BCUT2D eigenvalue weighted by Gasteiger charge is -2.17. The van der Waals surface area contributed by atoms with Gasteiger partial charge in [0.2, 0.25) is 0 Å². The molecule has 2 fully saturated rings. The molecule has 1 saturated carbocycles. The van der Waals surface area contributed by atoms with E-state index in [2.05, 4.69) is 59.7 Å². The van der Waals surface area contributed by atoms with Gasteiger partial charge in [-0.1, -0.05) is 25.1 Å². The summed E-state index contributed by atoms with van der Waals surface area (Å²) >= 11 is 1.89. The van der Waals surface area contributed by atoms with Crippen molar-refractivity contribution in [1.29, 1.82) is 0 Å². The Kier molecular flexibility index (Phi) is 9.56. The van der Waals surface area contributed by atoms with Crippen molar-refractivity contribution in [3.63, 3.8) is 0 Å². The highest BCUT2D eigenvalue weighted by molar-refractivity contribution is 14.0. The Morgan fingerprint density at radius 1 is 1.23 bits per heavy atom. The minimum Gasteiger partial charge on any atom is -0.357 e. The van der Waals surface area contributed by atoms with E-state index in [-0.39, 0.29) is 24.0 Å². The van der Waals surface area contributed by atoms with Crippen LogP contribution in [-0.2, 0) is 0 Å². The normalized spacial score (nSPS) is 21.9. The van der Waals surface area contributed by atoms with Gasteiger partial charge in [-0.2, -0.15) is 0 Å². The van der Waals surface area contributed by atoms with Crippen molar-refractivity contribution in [1.82, 2.24) is 15.5 Å². The van der Waals surface area contributed by atoms with E-state index in [1.165, 1.54) is 37.2 Å². The summed E-state index contributed by atoms with van der Waals surface area (Å²) in [7, 11) is 0. The lowest BCUT2D eigenvalue weighted by Crippen LogP contribution is -2.40. The van der Waals surface area contributed by atoms with Crippen LogP contribution in [0.2, 0.25) is 0 Å². The molecule has 1 aromatic carbocycles. The average molecular weight is 488 g/mol. The number of guanidine groups is 1. The summed E-state index contributed by atoms with van der Waals surface area (Å²) in [6.45, 7) is 9.69. The molecule has 0 radical (unpaired) electrons. The Morgan fingerprint density at radius 3 is 2.69 bits per heavy atom. The molecule has 1 saturated heterocycles. The Bertz CT molecular complexity index is 550. The van der Waals surface area contributed by atoms with Gasteiger partial charge in [-0.3, -0.25) is 4.99 Å². The molecule has 1 aliphatic heterocycles. The summed E-state index contributed by atoms with van der Waals surface area (Å²) in [5.74, 6) is 1.73. The number of hydrogen-bond acceptors (Lipinski definition) is 3. The number of halogens is 1. The minimum absolute atomic E-state index is 0. The summed E-state index contributed by atoms with van der Waals surface area (Å²) in [5.41, 5.74) is 0. The van der Waals surface area contributed by atoms with Crippen LogP contribution in [0, 0.1) is 5.92 Å². The van der Waals surface area contributed by atoms with Crippen LogP contribution < -0.4 is 10.6 Å². The topological polar surface area (TPSA) is 39.7 Å². The van der Waals surface area contributed by atoms with Crippen LogP contribution in [0.1, 0.15) is 33.1 Å². The zero-order valence-electron chi connectivity index (χ0n) is 16.0. The molecule has 2 N–H and O–H groups in total. The van der Waals surface area contributed by atoms with Gasteiger partial charge in [0, 0.05) is 35.8 Å². The molecule has 1 aliphatic carbocycles. The molecule has 2 atom stereocenters. The van der Waals surface area contributed by atoms with E-state index in [9.17, 15) is 0 Å². The maximum atomic E-state index is 4.80. The zero-order chi connectivity index (χ0) is 17.5. The molecule has 1 heterocycles. The number of rotatable bonds is 8.